The van der Waals surface area contributed by atoms with Gasteiger partial charge >= 0.3 is 0 Å². The Hall–Kier alpha value is -3.65. The maximum absolute atomic E-state index is 6.32. The molecule has 0 radical (unpaired) electrons. The Bertz CT molecular complexity index is 1280. The van der Waals surface area contributed by atoms with Gasteiger partial charge in [0.15, 0.2) is 5.58 Å². The van der Waals surface area contributed by atoms with Gasteiger partial charge in [-0.15, -0.1) is 0 Å². The fourth-order valence-electron chi connectivity index (χ4n) is 3.93. The van der Waals surface area contributed by atoms with Crippen molar-refractivity contribution in [3.8, 4) is 33.7 Å². The Kier molecular flexibility index (Phi) is 4.25. The number of benzene rings is 3. The summed E-state index contributed by atoms with van der Waals surface area (Å²) in [6.45, 7) is 4.24. The van der Waals surface area contributed by atoms with Gasteiger partial charge in [-0.3, -0.25) is 0 Å². The minimum atomic E-state index is 0.802. The van der Waals surface area contributed by atoms with Crippen LogP contribution in [0.15, 0.2) is 95.4 Å². The third-order valence-electron chi connectivity index (χ3n) is 5.15. The van der Waals surface area contributed by atoms with Crippen LogP contribution < -0.4 is 0 Å². The molecule has 2 heteroatoms. The topological polar surface area (TPSA) is 26.0 Å². The van der Waals surface area contributed by atoms with Crippen molar-refractivity contribution >= 4 is 11.1 Å². The standard InChI is InChI=1S/C27H21NO/c1-18-15-19(2)17-22(16-18)23-13-14-24-26(28-23)25(20-9-5-3-6-10-20)27(29-24)21-11-7-4-8-12-21/h3-17H,1-2H3. The summed E-state index contributed by atoms with van der Waals surface area (Å²) in [4.78, 5) is 5.06. The number of nitrogens with zero attached hydrogens (tertiary/aromatic N) is 1. The lowest BCUT2D eigenvalue weighted by Crippen LogP contribution is -1.88. The molecule has 29 heavy (non-hydrogen) atoms. The second-order valence-corrected chi connectivity index (χ2v) is 7.46. The van der Waals surface area contributed by atoms with E-state index in [1.54, 1.807) is 0 Å². The molecule has 0 unspecified atom stereocenters. The fraction of sp³-hybridized carbons (Fsp3) is 0.0741. The summed E-state index contributed by atoms with van der Waals surface area (Å²) >= 11 is 0. The molecule has 2 nitrogen and oxygen atoms in total. The highest BCUT2D eigenvalue weighted by molar-refractivity contribution is 6.00. The molecule has 0 saturated carbocycles. The molecule has 0 N–H and O–H groups in total. The third kappa shape index (κ3) is 3.23. The molecular formula is C27H21NO. The molecule has 5 aromatic rings. The van der Waals surface area contributed by atoms with Crippen LogP contribution in [0.25, 0.3) is 44.8 Å². The molecule has 0 bridgehead atoms. The Morgan fingerprint density at radius 2 is 1.24 bits per heavy atom. The first-order valence-corrected chi connectivity index (χ1v) is 9.82. The van der Waals surface area contributed by atoms with Gasteiger partial charge in [-0.25, -0.2) is 4.98 Å². The number of rotatable bonds is 3. The van der Waals surface area contributed by atoms with Crippen molar-refractivity contribution in [3.63, 3.8) is 0 Å². The zero-order valence-electron chi connectivity index (χ0n) is 16.5. The molecule has 2 heterocycles. The molecule has 3 aromatic carbocycles. The highest BCUT2D eigenvalue weighted by Crippen LogP contribution is 2.40. The molecule has 0 aliphatic heterocycles. The van der Waals surface area contributed by atoms with Crippen molar-refractivity contribution in [1.29, 1.82) is 0 Å². The zero-order chi connectivity index (χ0) is 19.8. The summed E-state index contributed by atoms with van der Waals surface area (Å²) in [6.07, 6.45) is 0. The van der Waals surface area contributed by atoms with E-state index >= 15 is 0 Å². The van der Waals surface area contributed by atoms with Crippen LogP contribution in [0, 0.1) is 13.8 Å². The van der Waals surface area contributed by atoms with Crippen LogP contribution in [0.2, 0.25) is 0 Å². The average molecular weight is 375 g/mol. The van der Waals surface area contributed by atoms with Crippen molar-refractivity contribution in [3.05, 3.63) is 102 Å². The first kappa shape index (κ1) is 17.4. The normalized spacial score (nSPS) is 11.1. The summed E-state index contributed by atoms with van der Waals surface area (Å²) < 4.78 is 6.32. The molecule has 0 aliphatic rings. The van der Waals surface area contributed by atoms with Gasteiger partial charge < -0.3 is 4.42 Å². The SMILES string of the molecule is Cc1cc(C)cc(-c2ccc3oc(-c4ccccc4)c(-c4ccccc4)c3n2)c1. The first-order valence-electron chi connectivity index (χ1n) is 9.82. The van der Waals surface area contributed by atoms with Crippen molar-refractivity contribution in [2.75, 3.05) is 0 Å². The van der Waals surface area contributed by atoms with Crippen LogP contribution in [0.4, 0.5) is 0 Å². The monoisotopic (exact) mass is 375 g/mol. The second-order valence-electron chi connectivity index (χ2n) is 7.46. The smallest absolute Gasteiger partial charge is 0.153 e. The average Bonchev–Trinajstić information content (AvgIpc) is 3.13. The Balaban J connectivity index is 1.79. The summed E-state index contributed by atoms with van der Waals surface area (Å²) in [5.74, 6) is 0.858. The molecular weight excluding hydrogens is 354 g/mol. The van der Waals surface area contributed by atoms with Crippen LogP contribution in [0.3, 0.4) is 0 Å². The van der Waals surface area contributed by atoms with Crippen LogP contribution in [-0.2, 0) is 0 Å². The van der Waals surface area contributed by atoms with E-state index in [1.807, 2.05) is 36.4 Å². The molecule has 2 aromatic heterocycles. The van der Waals surface area contributed by atoms with Gasteiger partial charge in [0, 0.05) is 11.1 Å². The number of fused-ring (bicyclic) bond motifs is 1. The molecule has 0 fully saturated rings. The predicted octanol–water partition coefficient (Wildman–Crippen LogP) is 7.45. The van der Waals surface area contributed by atoms with Crippen molar-refractivity contribution in [1.82, 2.24) is 4.98 Å². The van der Waals surface area contributed by atoms with E-state index in [9.17, 15) is 0 Å². The lowest BCUT2D eigenvalue weighted by atomic mass is 10.00. The number of aryl methyl sites for hydroxylation is 2. The van der Waals surface area contributed by atoms with Crippen molar-refractivity contribution < 1.29 is 4.42 Å². The van der Waals surface area contributed by atoms with E-state index in [0.29, 0.717) is 0 Å². The quantitative estimate of drug-likeness (QED) is 0.327. The summed E-state index contributed by atoms with van der Waals surface area (Å²) in [6, 6.07) is 31.2. The number of hydrogen-bond acceptors (Lipinski definition) is 2. The first-order chi connectivity index (χ1) is 14.2. The van der Waals surface area contributed by atoms with E-state index in [-0.39, 0.29) is 0 Å². The Labute approximate surface area is 170 Å². The lowest BCUT2D eigenvalue weighted by molar-refractivity contribution is 0.632. The van der Waals surface area contributed by atoms with Gasteiger partial charge in [0.2, 0.25) is 0 Å². The van der Waals surface area contributed by atoms with Gasteiger partial charge in [-0.2, -0.15) is 0 Å². The lowest BCUT2D eigenvalue weighted by Gasteiger charge is -2.06. The molecule has 0 saturated heterocycles. The fourth-order valence-corrected chi connectivity index (χ4v) is 3.93. The van der Waals surface area contributed by atoms with Crippen LogP contribution in [0.5, 0.6) is 0 Å². The molecule has 140 valence electrons. The number of aromatic nitrogens is 1. The maximum atomic E-state index is 6.32. The van der Waals surface area contributed by atoms with E-state index in [0.717, 1.165) is 44.8 Å². The van der Waals surface area contributed by atoms with Crippen LogP contribution >= 0.6 is 0 Å². The van der Waals surface area contributed by atoms with Gasteiger partial charge in [-0.05, 0) is 43.7 Å². The molecule has 0 atom stereocenters. The maximum Gasteiger partial charge on any atom is 0.153 e. The molecule has 0 spiro atoms. The van der Waals surface area contributed by atoms with Crippen LogP contribution in [-0.4, -0.2) is 4.98 Å². The molecule has 5 rings (SSSR count). The van der Waals surface area contributed by atoms with Gasteiger partial charge in [0.25, 0.3) is 0 Å². The Morgan fingerprint density at radius 1 is 0.621 bits per heavy atom. The van der Waals surface area contributed by atoms with E-state index in [1.165, 1.54) is 11.1 Å². The molecule has 0 aliphatic carbocycles. The zero-order valence-corrected chi connectivity index (χ0v) is 16.5. The number of pyridine rings is 1. The molecule has 0 amide bonds. The van der Waals surface area contributed by atoms with Crippen molar-refractivity contribution in [2.45, 2.75) is 13.8 Å². The predicted molar refractivity (Wildman–Crippen MR) is 120 cm³/mol. The number of furan rings is 1. The highest BCUT2D eigenvalue weighted by atomic mass is 16.3. The van der Waals surface area contributed by atoms with E-state index < -0.39 is 0 Å². The van der Waals surface area contributed by atoms with Gasteiger partial charge in [-0.1, -0.05) is 77.9 Å². The number of hydrogen-bond donors (Lipinski definition) is 0. The Morgan fingerprint density at radius 3 is 1.90 bits per heavy atom. The van der Waals surface area contributed by atoms with Gasteiger partial charge in [0.05, 0.1) is 11.3 Å². The third-order valence-corrected chi connectivity index (χ3v) is 5.15. The van der Waals surface area contributed by atoms with E-state index in [2.05, 4.69) is 68.4 Å². The minimum Gasteiger partial charge on any atom is -0.454 e. The largest absolute Gasteiger partial charge is 0.454 e. The van der Waals surface area contributed by atoms with Gasteiger partial charge in [0.1, 0.15) is 11.3 Å². The van der Waals surface area contributed by atoms with Crippen LogP contribution in [0.1, 0.15) is 11.1 Å². The second kappa shape index (κ2) is 7.06. The summed E-state index contributed by atoms with van der Waals surface area (Å²) in [7, 11) is 0. The summed E-state index contributed by atoms with van der Waals surface area (Å²) in [5, 5.41) is 0. The summed E-state index contributed by atoms with van der Waals surface area (Å²) in [5.41, 5.74) is 9.46. The van der Waals surface area contributed by atoms with E-state index in [4.69, 9.17) is 9.40 Å². The van der Waals surface area contributed by atoms with Crippen molar-refractivity contribution in [2.24, 2.45) is 0 Å². The minimum absolute atomic E-state index is 0.802. The highest BCUT2D eigenvalue weighted by Gasteiger charge is 2.19.